The van der Waals surface area contributed by atoms with Crippen molar-refractivity contribution in [2.24, 2.45) is 17.8 Å². The molecule has 0 heterocycles. The average Bonchev–Trinajstić information content (AvgIpc) is 2.74. The number of hydrogen-bond acceptors (Lipinski definition) is 2. The zero-order chi connectivity index (χ0) is 14.4. The molecule has 2 saturated carbocycles. The Labute approximate surface area is 121 Å². The lowest BCUT2D eigenvalue weighted by Crippen LogP contribution is -2.39. The number of rotatable bonds is 4. The van der Waals surface area contributed by atoms with Gasteiger partial charge in [-0.15, -0.1) is 0 Å². The largest absolute Gasteiger partial charge is 0.481 e. The van der Waals surface area contributed by atoms with Crippen LogP contribution in [0.5, 0.6) is 0 Å². The van der Waals surface area contributed by atoms with E-state index in [2.05, 4.69) is 5.32 Å². The smallest absolute Gasteiger partial charge is 0.306 e. The van der Waals surface area contributed by atoms with Gasteiger partial charge >= 0.3 is 5.97 Å². The SMILES string of the molecule is O=C(NCC1CCCCC1C(=O)O)C1CCCCCC1. The van der Waals surface area contributed by atoms with Crippen molar-refractivity contribution in [1.82, 2.24) is 5.32 Å². The van der Waals surface area contributed by atoms with Gasteiger partial charge in [0.1, 0.15) is 0 Å². The Kier molecular flexibility index (Phi) is 5.86. The Bertz CT molecular complexity index is 335. The third-order valence-corrected chi connectivity index (χ3v) is 4.99. The average molecular weight is 281 g/mol. The molecule has 0 bridgehead atoms. The molecular weight excluding hydrogens is 254 g/mol. The van der Waals surface area contributed by atoms with Crippen molar-refractivity contribution < 1.29 is 14.7 Å². The fourth-order valence-corrected chi connectivity index (χ4v) is 3.69. The molecule has 0 aliphatic heterocycles. The van der Waals surface area contributed by atoms with Crippen LogP contribution in [0.4, 0.5) is 0 Å². The molecule has 0 saturated heterocycles. The number of aliphatic carboxylic acids is 1. The zero-order valence-electron chi connectivity index (χ0n) is 12.3. The maximum atomic E-state index is 12.2. The second-order valence-corrected chi connectivity index (χ2v) is 6.42. The van der Waals surface area contributed by atoms with E-state index in [0.717, 1.165) is 51.4 Å². The number of amides is 1. The first-order chi connectivity index (χ1) is 9.68. The molecule has 2 unspecified atom stereocenters. The van der Waals surface area contributed by atoms with Crippen LogP contribution in [-0.2, 0) is 9.59 Å². The molecule has 114 valence electrons. The molecule has 2 aliphatic rings. The van der Waals surface area contributed by atoms with Gasteiger partial charge < -0.3 is 10.4 Å². The van der Waals surface area contributed by atoms with E-state index in [1.807, 2.05) is 0 Å². The van der Waals surface area contributed by atoms with E-state index in [1.165, 1.54) is 12.8 Å². The summed E-state index contributed by atoms with van der Waals surface area (Å²) in [7, 11) is 0. The van der Waals surface area contributed by atoms with E-state index in [-0.39, 0.29) is 23.7 Å². The Balaban J connectivity index is 1.80. The molecular formula is C16H27NO3. The topological polar surface area (TPSA) is 66.4 Å². The number of hydrogen-bond donors (Lipinski definition) is 2. The summed E-state index contributed by atoms with van der Waals surface area (Å²) >= 11 is 0. The number of carbonyl (C=O) groups excluding carboxylic acids is 1. The fourth-order valence-electron chi connectivity index (χ4n) is 3.69. The molecule has 2 aliphatic carbocycles. The van der Waals surface area contributed by atoms with Crippen LogP contribution >= 0.6 is 0 Å². The van der Waals surface area contributed by atoms with Gasteiger partial charge in [0, 0.05) is 12.5 Å². The van der Waals surface area contributed by atoms with Gasteiger partial charge in [-0.1, -0.05) is 38.5 Å². The molecule has 0 aromatic rings. The highest BCUT2D eigenvalue weighted by atomic mass is 16.4. The number of carbonyl (C=O) groups is 2. The minimum atomic E-state index is -0.696. The van der Waals surface area contributed by atoms with E-state index in [9.17, 15) is 14.7 Å². The van der Waals surface area contributed by atoms with Crippen molar-refractivity contribution in [1.29, 1.82) is 0 Å². The minimum Gasteiger partial charge on any atom is -0.481 e. The van der Waals surface area contributed by atoms with Gasteiger partial charge in [-0.2, -0.15) is 0 Å². The van der Waals surface area contributed by atoms with Gasteiger partial charge in [0.25, 0.3) is 0 Å². The van der Waals surface area contributed by atoms with Crippen molar-refractivity contribution >= 4 is 11.9 Å². The molecule has 2 N–H and O–H groups in total. The first-order valence-corrected chi connectivity index (χ1v) is 8.19. The highest BCUT2D eigenvalue weighted by molar-refractivity contribution is 5.78. The number of carboxylic acids is 1. The Morgan fingerprint density at radius 2 is 1.50 bits per heavy atom. The van der Waals surface area contributed by atoms with E-state index in [4.69, 9.17) is 0 Å². The summed E-state index contributed by atoms with van der Waals surface area (Å²) in [5.74, 6) is -0.529. The summed E-state index contributed by atoms with van der Waals surface area (Å²) in [6, 6.07) is 0. The molecule has 2 atom stereocenters. The van der Waals surface area contributed by atoms with E-state index < -0.39 is 5.97 Å². The van der Waals surface area contributed by atoms with Crippen LogP contribution in [0.25, 0.3) is 0 Å². The van der Waals surface area contributed by atoms with Crippen LogP contribution in [0.3, 0.4) is 0 Å². The summed E-state index contributed by atoms with van der Waals surface area (Å²) in [6.45, 7) is 0.548. The lowest BCUT2D eigenvalue weighted by Gasteiger charge is -2.29. The molecule has 0 aromatic heterocycles. The van der Waals surface area contributed by atoms with Gasteiger partial charge in [0.15, 0.2) is 0 Å². The third kappa shape index (κ3) is 4.22. The van der Waals surface area contributed by atoms with Crippen molar-refractivity contribution in [2.75, 3.05) is 6.54 Å². The van der Waals surface area contributed by atoms with E-state index in [0.29, 0.717) is 6.54 Å². The standard InChI is InChI=1S/C16H27NO3/c18-15(12-7-3-1-2-4-8-12)17-11-13-9-5-6-10-14(13)16(19)20/h12-14H,1-11H2,(H,17,18)(H,19,20). The predicted molar refractivity (Wildman–Crippen MR) is 77.3 cm³/mol. The van der Waals surface area contributed by atoms with Crippen LogP contribution in [0.1, 0.15) is 64.2 Å². The molecule has 2 rings (SSSR count). The van der Waals surface area contributed by atoms with Crippen molar-refractivity contribution in [3.05, 3.63) is 0 Å². The molecule has 0 aromatic carbocycles. The quantitative estimate of drug-likeness (QED) is 0.779. The highest BCUT2D eigenvalue weighted by Crippen LogP contribution is 2.30. The zero-order valence-corrected chi connectivity index (χ0v) is 12.3. The van der Waals surface area contributed by atoms with Gasteiger partial charge in [0.05, 0.1) is 5.92 Å². The first kappa shape index (κ1) is 15.3. The van der Waals surface area contributed by atoms with Crippen molar-refractivity contribution in [2.45, 2.75) is 64.2 Å². The Hall–Kier alpha value is -1.06. The first-order valence-electron chi connectivity index (χ1n) is 8.19. The van der Waals surface area contributed by atoms with E-state index in [1.54, 1.807) is 0 Å². The molecule has 4 nitrogen and oxygen atoms in total. The third-order valence-electron chi connectivity index (χ3n) is 4.99. The molecule has 0 radical (unpaired) electrons. The summed E-state index contributed by atoms with van der Waals surface area (Å²) in [6.07, 6.45) is 10.6. The van der Waals surface area contributed by atoms with Gasteiger partial charge in [-0.05, 0) is 31.6 Å². The van der Waals surface area contributed by atoms with Gasteiger partial charge in [-0.25, -0.2) is 0 Å². The van der Waals surface area contributed by atoms with E-state index >= 15 is 0 Å². The molecule has 4 heteroatoms. The molecule has 1 amide bonds. The second-order valence-electron chi connectivity index (χ2n) is 6.42. The maximum absolute atomic E-state index is 12.2. The Morgan fingerprint density at radius 1 is 0.900 bits per heavy atom. The summed E-state index contributed by atoms with van der Waals surface area (Å²) in [5, 5.41) is 12.3. The minimum absolute atomic E-state index is 0.121. The highest BCUT2D eigenvalue weighted by Gasteiger charge is 2.31. The van der Waals surface area contributed by atoms with Crippen molar-refractivity contribution in [3.8, 4) is 0 Å². The predicted octanol–water partition coefficient (Wildman–Crippen LogP) is 2.96. The molecule has 0 spiro atoms. The molecule has 2 fully saturated rings. The number of carboxylic acid groups (broad SMARTS) is 1. The molecule has 20 heavy (non-hydrogen) atoms. The normalized spacial score (nSPS) is 28.6. The van der Waals surface area contributed by atoms with Crippen LogP contribution in [0.2, 0.25) is 0 Å². The van der Waals surface area contributed by atoms with Crippen LogP contribution < -0.4 is 5.32 Å². The van der Waals surface area contributed by atoms with Gasteiger partial charge in [0.2, 0.25) is 5.91 Å². The van der Waals surface area contributed by atoms with Gasteiger partial charge in [-0.3, -0.25) is 9.59 Å². The fraction of sp³-hybridized carbons (Fsp3) is 0.875. The maximum Gasteiger partial charge on any atom is 0.306 e. The monoisotopic (exact) mass is 281 g/mol. The second kappa shape index (κ2) is 7.65. The summed E-state index contributed by atoms with van der Waals surface area (Å²) < 4.78 is 0. The Morgan fingerprint density at radius 3 is 2.15 bits per heavy atom. The lowest BCUT2D eigenvalue weighted by molar-refractivity contribution is -0.145. The summed E-state index contributed by atoms with van der Waals surface area (Å²) in [4.78, 5) is 23.5. The summed E-state index contributed by atoms with van der Waals surface area (Å²) in [5.41, 5.74) is 0. The van der Waals surface area contributed by atoms with Crippen molar-refractivity contribution in [3.63, 3.8) is 0 Å². The number of nitrogens with one attached hydrogen (secondary N) is 1. The van der Waals surface area contributed by atoms with Crippen LogP contribution in [0.15, 0.2) is 0 Å². The lowest BCUT2D eigenvalue weighted by atomic mass is 9.79. The van der Waals surface area contributed by atoms with Crippen LogP contribution in [-0.4, -0.2) is 23.5 Å². The van der Waals surface area contributed by atoms with Crippen LogP contribution in [0, 0.1) is 17.8 Å².